The minimum absolute atomic E-state index is 0.0487. The number of aromatic nitrogens is 2. The van der Waals surface area contributed by atoms with Crippen LogP contribution in [0.25, 0.3) is 11.0 Å². The topological polar surface area (TPSA) is 58.4 Å². The molecule has 0 amide bonds. The van der Waals surface area contributed by atoms with Crippen LogP contribution < -0.4 is 4.90 Å². The van der Waals surface area contributed by atoms with E-state index in [1.807, 2.05) is 31.3 Å². The largest absolute Gasteiger partial charge is 0.480 e. The van der Waals surface area contributed by atoms with Crippen molar-refractivity contribution in [3.63, 3.8) is 0 Å². The Morgan fingerprint density at radius 1 is 1.47 bits per heavy atom. The van der Waals surface area contributed by atoms with Crippen LogP contribution in [0.15, 0.2) is 24.3 Å². The van der Waals surface area contributed by atoms with Crippen molar-refractivity contribution in [1.82, 2.24) is 9.55 Å². The fourth-order valence-electron chi connectivity index (χ4n) is 2.56. The molecule has 1 saturated carbocycles. The quantitative estimate of drug-likeness (QED) is 0.913. The lowest BCUT2D eigenvalue weighted by Gasteiger charge is -2.35. The molecule has 0 saturated heterocycles. The van der Waals surface area contributed by atoms with E-state index in [0.717, 1.165) is 29.8 Å². The Balaban J connectivity index is 2.07. The number of hydrogen-bond acceptors (Lipinski definition) is 3. The molecule has 1 aromatic carbocycles. The molecule has 1 aliphatic carbocycles. The summed E-state index contributed by atoms with van der Waals surface area (Å²) in [6.45, 7) is -0.0487. The molecule has 1 N–H and O–H groups in total. The van der Waals surface area contributed by atoms with E-state index in [-0.39, 0.29) is 6.54 Å². The maximum atomic E-state index is 11.1. The first-order valence-electron chi connectivity index (χ1n) is 6.56. The highest BCUT2D eigenvalue weighted by atomic mass is 16.4. The zero-order chi connectivity index (χ0) is 13.4. The van der Waals surface area contributed by atoms with Crippen LogP contribution in [0.2, 0.25) is 0 Å². The molecule has 0 spiro atoms. The van der Waals surface area contributed by atoms with Gasteiger partial charge in [0, 0.05) is 13.1 Å². The Bertz CT molecular complexity index is 616. The first-order chi connectivity index (χ1) is 9.16. The number of fused-ring (bicyclic) bond motifs is 1. The van der Waals surface area contributed by atoms with Gasteiger partial charge in [-0.25, -0.2) is 4.98 Å². The first-order valence-corrected chi connectivity index (χ1v) is 6.56. The fraction of sp³-hybridized carbons (Fsp3) is 0.429. The molecule has 2 aromatic rings. The third kappa shape index (κ3) is 2.05. The van der Waals surface area contributed by atoms with Gasteiger partial charge in [-0.15, -0.1) is 0 Å². The van der Waals surface area contributed by atoms with Crippen molar-refractivity contribution in [3.8, 4) is 0 Å². The van der Waals surface area contributed by atoms with Crippen LogP contribution in [0.1, 0.15) is 19.3 Å². The average Bonchev–Trinajstić information content (AvgIpc) is 2.65. The number of para-hydroxylation sites is 2. The summed E-state index contributed by atoms with van der Waals surface area (Å²) in [7, 11) is 2.00. The molecule has 1 aromatic heterocycles. The highest BCUT2D eigenvalue weighted by Gasteiger charge is 2.26. The van der Waals surface area contributed by atoms with Gasteiger partial charge in [0.1, 0.15) is 6.54 Å². The summed E-state index contributed by atoms with van der Waals surface area (Å²) in [6.07, 6.45) is 3.56. The van der Waals surface area contributed by atoms with Crippen molar-refractivity contribution in [1.29, 1.82) is 0 Å². The number of carboxylic acid groups (broad SMARTS) is 1. The van der Waals surface area contributed by atoms with Crippen LogP contribution in [0.3, 0.4) is 0 Å². The predicted octanol–water partition coefficient (Wildman–Crippen LogP) is 2.11. The average molecular weight is 259 g/mol. The van der Waals surface area contributed by atoms with Crippen LogP contribution in [0.4, 0.5) is 5.95 Å². The minimum atomic E-state index is -0.841. The van der Waals surface area contributed by atoms with Gasteiger partial charge in [0.2, 0.25) is 5.95 Å². The van der Waals surface area contributed by atoms with Gasteiger partial charge in [0.15, 0.2) is 0 Å². The van der Waals surface area contributed by atoms with Gasteiger partial charge in [-0.3, -0.25) is 9.36 Å². The number of rotatable bonds is 4. The van der Waals surface area contributed by atoms with Crippen LogP contribution in [-0.2, 0) is 11.3 Å². The van der Waals surface area contributed by atoms with Gasteiger partial charge in [0.05, 0.1) is 11.0 Å². The zero-order valence-corrected chi connectivity index (χ0v) is 10.9. The van der Waals surface area contributed by atoms with Gasteiger partial charge >= 0.3 is 5.97 Å². The molecule has 1 fully saturated rings. The lowest BCUT2D eigenvalue weighted by Crippen LogP contribution is -2.39. The number of aliphatic carboxylic acids is 1. The van der Waals surface area contributed by atoms with E-state index in [1.54, 1.807) is 4.57 Å². The Labute approximate surface area is 111 Å². The predicted molar refractivity (Wildman–Crippen MR) is 73.4 cm³/mol. The molecular formula is C14H17N3O2. The molecule has 0 radical (unpaired) electrons. The molecule has 5 nitrogen and oxygen atoms in total. The summed E-state index contributed by atoms with van der Waals surface area (Å²) in [4.78, 5) is 17.8. The molecule has 0 atom stereocenters. The van der Waals surface area contributed by atoms with E-state index in [4.69, 9.17) is 5.11 Å². The third-order valence-electron chi connectivity index (χ3n) is 3.87. The van der Waals surface area contributed by atoms with Crippen molar-refractivity contribution >= 4 is 23.0 Å². The van der Waals surface area contributed by atoms with E-state index >= 15 is 0 Å². The summed E-state index contributed by atoms with van der Waals surface area (Å²) in [5, 5.41) is 9.09. The van der Waals surface area contributed by atoms with Crippen molar-refractivity contribution in [3.05, 3.63) is 24.3 Å². The SMILES string of the molecule is CN(c1nc2ccccc2n1CC(=O)O)C1CCC1. The van der Waals surface area contributed by atoms with Crippen LogP contribution >= 0.6 is 0 Å². The van der Waals surface area contributed by atoms with Crippen molar-refractivity contribution < 1.29 is 9.90 Å². The first kappa shape index (κ1) is 12.0. The lowest BCUT2D eigenvalue weighted by atomic mass is 9.92. The number of nitrogens with zero attached hydrogens (tertiary/aromatic N) is 3. The second-order valence-electron chi connectivity index (χ2n) is 5.08. The summed E-state index contributed by atoms with van der Waals surface area (Å²) in [5.41, 5.74) is 1.73. The molecule has 1 aliphatic rings. The zero-order valence-electron chi connectivity index (χ0n) is 10.9. The molecule has 0 bridgehead atoms. The number of benzene rings is 1. The van der Waals surface area contributed by atoms with Gasteiger partial charge < -0.3 is 10.0 Å². The number of imidazole rings is 1. The number of carbonyl (C=O) groups is 1. The maximum Gasteiger partial charge on any atom is 0.323 e. The van der Waals surface area contributed by atoms with E-state index in [0.29, 0.717) is 6.04 Å². The highest BCUT2D eigenvalue weighted by Crippen LogP contribution is 2.30. The molecule has 19 heavy (non-hydrogen) atoms. The van der Waals surface area contributed by atoms with Gasteiger partial charge in [-0.1, -0.05) is 12.1 Å². The molecule has 1 heterocycles. The normalized spacial score (nSPS) is 15.4. The number of carboxylic acids is 1. The fourth-order valence-corrected chi connectivity index (χ4v) is 2.56. The lowest BCUT2D eigenvalue weighted by molar-refractivity contribution is -0.137. The van der Waals surface area contributed by atoms with Crippen LogP contribution in [-0.4, -0.2) is 33.7 Å². The number of anilines is 1. The number of hydrogen-bond donors (Lipinski definition) is 1. The molecule has 0 unspecified atom stereocenters. The Morgan fingerprint density at radius 2 is 2.21 bits per heavy atom. The summed E-state index contributed by atoms with van der Waals surface area (Å²) in [6, 6.07) is 8.17. The molecule has 3 rings (SSSR count). The second-order valence-corrected chi connectivity index (χ2v) is 5.08. The van der Waals surface area contributed by atoms with E-state index in [2.05, 4.69) is 9.88 Å². The molecule has 0 aliphatic heterocycles. The smallest absolute Gasteiger partial charge is 0.323 e. The summed E-state index contributed by atoms with van der Waals surface area (Å²) < 4.78 is 1.79. The molecule has 5 heteroatoms. The highest BCUT2D eigenvalue weighted by molar-refractivity contribution is 5.81. The molecular weight excluding hydrogens is 242 g/mol. The standard InChI is InChI=1S/C14H17N3O2/c1-16(10-5-4-6-10)14-15-11-7-2-3-8-12(11)17(14)9-13(18)19/h2-3,7-8,10H,4-6,9H2,1H3,(H,18,19). The second kappa shape index (κ2) is 4.57. The van der Waals surface area contributed by atoms with Gasteiger partial charge in [0.25, 0.3) is 0 Å². The minimum Gasteiger partial charge on any atom is -0.480 e. The van der Waals surface area contributed by atoms with Crippen molar-refractivity contribution in [2.75, 3.05) is 11.9 Å². The van der Waals surface area contributed by atoms with Gasteiger partial charge in [-0.2, -0.15) is 0 Å². The van der Waals surface area contributed by atoms with E-state index in [1.165, 1.54) is 6.42 Å². The van der Waals surface area contributed by atoms with Crippen molar-refractivity contribution in [2.24, 2.45) is 0 Å². The Kier molecular flexibility index (Phi) is 2.89. The summed E-state index contributed by atoms with van der Waals surface area (Å²) >= 11 is 0. The van der Waals surface area contributed by atoms with Crippen molar-refractivity contribution in [2.45, 2.75) is 31.8 Å². The Morgan fingerprint density at radius 3 is 2.84 bits per heavy atom. The van der Waals surface area contributed by atoms with Gasteiger partial charge in [-0.05, 0) is 31.4 Å². The van der Waals surface area contributed by atoms with Crippen LogP contribution in [0.5, 0.6) is 0 Å². The Hall–Kier alpha value is -2.04. The summed E-state index contributed by atoms with van der Waals surface area (Å²) in [5.74, 6) is -0.0836. The van der Waals surface area contributed by atoms with Crippen LogP contribution in [0, 0.1) is 0 Å². The molecule has 100 valence electrons. The maximum absolute atomic E-state index is 11.1. The third-order valence-corrected chi connectivity index (χ3v) is 3.87. The van der Waals surface area contributed by atoms with E-state index < -0.39 is 5.97 Å². The monoisotopic (exact) mass is 259 g/mol. The van der Waals surface area contributed by atoms with E-state index in [9.17, 15) is 4.79 Å².